The average molecular weight is 549 g/mol. The van der Waals surface area contributed by atoms with E-state index in [0.717, 1.165) is 21.4 Å². The van der Waals surface area contributed by atoms with Gasteiger partial charge in [-0.3, -0.25) is 9.78 Å². The van der Waals surface area contributed by atoms with E-state index in [0.29, 0.717) is 39.2 Å². The molecule has 33 heavy (non-hydrogen) atoms. The maximum absolute atomic E-state index is 13.2. The van der Waals surface area contributed by atoms with Crippen molar-refractivity contribution in [2.75, 3.05) is 21.3 Å². The first-order valence-electron chi connectivity index (χ1n) is 10.2. The number of ether oxygens (including phenoxy) is 1. The Balaban J connectivity index is 1.47. The topological polar surface area (TPSA) is 87.3 Å². The number of halogens is 3. The van der Waals surface area contributed by atoms with E-state index in [1.807, 2.05) is 38.1 Å². The number of hydrogen-bond acceptors (Lipinski definition) is 6. The monoisotopic (exact) mass is 547 g/mol. The van der Waals surface area contributed by atoms with Crippen LogP contribution in [-0.2, 0) is 6.42 Å². The fourth-order valence-electron chi connectivity index (χ4n) is 4.02. The number of carbonyl (C=O) groups excluding carboxylic acids is 1. The van der Waals surface area contributed by atoms with E-state index < -0.39 is 11.9 Å². The summed E-state index contributed by atoms with van der Waals surface area (Å²) in [5.74, 6) is 0.343. The molecule has 1 amide bonds. The minimum Gasteiger partial charge on any atom is -0.486 e. The van der Waals surface area contributed by atoms with Crippen LogP contribution < -0.4 is 26.0 Å². The summed E-state index contributed by atoms with van der Waals surface area (Å²) >= 11 is 15.9. The molecule has 7 nitrogen and oxygen atoms in total. The van der Waals surface area contributed by atoms with Gasteiger partial charge in [0.1, 0.15) is 11.4 Å². The summed E-state index contributed by atoms with van der Waals surface area (Å²) in [6.07, 6.45) is 3.31. The highest BCUT2D eigenvalue weighted by molar-refractivity contribution is 9.10. The van der Waals surface area contributed by atoms with Crippen molar-refractivity contribution in [3.05, 3.63) is 68.4 Å². The van der Waals surface area contributed by atoms with Crippen LogP contribution in [-0.4, -0.2) is 22.8 Å². The lowest BCUT2D eigenvalue weighted by atomic mass is 9.97. The molecule has 0 spiro atoms. The quantitative estimate of drug-likeness (QED) is 0.304. The van der Waals surface area contributed by atoms with Crippen molar-refractivity contribution in [3.63, 3.8) is 0 Å². The molecule has 5 rings (SSSR count). The summed E-state index contributed by atoms with van der Waals surface area (Å²) in [6.45, 7) is 4.01. The van der Waals surface area contributed by atoms with Crippen molar-refractivity contribution in [1.29, 1.82) is 0 Å². The number of benzene rings is 2. The molecule has 2 aliphatic rings. The summed E-state index contributed by atoms with van der Waals surface area (Å²) in [5, 5.41) is 13.8. The number of hydrogen-bond donors (Lipinski definition) is 4. The van der Waals surface area contributed by atoms with Crippen molar-refractivity contribution in [2.45, 2.75) is 32.2 Å². The standard InChI is InChI=1S/C23H20BrCl2N5O2/c1-23(2)8-14-18-17(29-22(30-18)31-19-15(25)9-27-10-16(19)26)7-13(20(14)33-23)21(32)28-12-5-3-11(24)4-6-12/h3-7,9-10,22,29-30H,8H2,1-2H3,(H,27,31)(H,28,32). The molecular weight excluding hydrogens is 529 g/mol. The highest BCUT2D eigenvalue weighted by atomic mass is 79.9. The zero-order valence-corrected chi connectivity index (χ0v) is 20.8. The number of pyridine rings is 1. The lowest BCUT2D eigenvalue weighted by Gasteiger charge is -2.18. The molecule has 0 saturated carbocycles. The Morgan fingerprint density at radius 1 is 1.18 bits per heavy atom. The van der Waals surface area contributed by atoms with Crippen molar-refractivity contribution in [1.82, 2.24) is 4.98 Å². The Kier molecular flexibility index (Phi) is 5.55. The number of aromatic nitrogens is 1. The van der Waals surface area contributed by atoms with Crippen molar-refractivity contribution < 1.29 is 9.53 Å². The first-order chi connectivity index (χ1) is 15.7. The second kappa shape index (κ2) is 8.27. The summed E-state index contributed by atoms with van der Waals surface area (Å²) in [7, 11) is 0. The van der Waals surface area contributed by atoms with Gasteiger partial charge in [-0.1, -0.05) is 39.1 Å². The van der Waals surface area contributed by atoms with Gasteiger partial charge in [-0.25, -0.2) is 0 Å². The van der Waals surface area contributed by atoms with Crippen LogP contribution in [0, 0.1) is 0 Å². The van der Waals surface area contributed by atoms with Crippen LogP contribution in [0.5, 0.6) is 5.75 Å². The average Bonchev–Trinajstić information content (AvgIpc) is 3.31. The SMILES string of the molecule is CC1(C)Cc2c3c(cc(C(=O)Nc4ccc(Br)cc4)c2O1)NC(Nc1c(Cl)cncc1Cl)N3. The van der Waals surface area contributed by atoms with Gasteiger partial charge >= 0.3 is 0 Å². The molecule has 0 bridgehead atoms. The summed E-state index contributed by atoms with van der Waals surface area (Å²) < 4.78 is 7.15. The molecule has 3 heterocycles. The predicted octanol–water partition coefficient (Wildman–Crippen LogP) is 6.35. The van der Waals surface area contributed by atoms with E-state index >= 15 is 0 Å². The van der Waals surface area contributed by atoms with E-state index in [1.165, 1.54) is 12.4 Å². The molecule has 1 atom stereocenters. The minimum atomic E-state index is -0.436. The Bertz CT molecular complexity index is 1250. The van der Waals surface area contributed by atoms with Crippen LogP contribution in [0.1, 0.15) is 29.8 Å². The van der Waals surface area contributed by atoms with Gasteiger partial charge in [-0.2, -0.15) is 0 Å². The molecule has 0 radical (unpaired) electrons. The van der Waals surface area contributed by atoms with Gasteiger partial charge in [0.25, 0.3) is 5.91 Å². The second-order valence-electron chi connectivity index (χ2n) is 8.50. The second-order valence-corrected chi connectivity index (χ2v) is 10.2. The van der Waals surface area contributed by atoms with Crippen LogP contribution in [0.4, 0.5) is 22.7 Å². The molecular formula is C23H20BrCl2N5O2. The molecule has 10 heteroatoms. The molecule has 2 aliphatic heterocycles. The smallest absolute Gasteiger partial charge is 0.259 e. The highest BCUT2D eigenvalue weighted by Crippen LogP contribution is 2.48. The van der Waals surface area contributed by atoms with Crippen LogP contribution >= 0.6 is 39.1 Å². The van der Waals surface area contributed by atoms with Gasteiger partial charge in [0, 0.05) is 34.5 Å². The van der Waals surface area contributed by atoms with Gasteiger partial charge in [-0.05, 0) is 44.2 Å². The predicted molar refractivity (Wildman–Crippen MR) is 136 cm³/mol. The number of anilines is 4. The van der Waals surface area contributed by atoms with E-state index in [1.54, 1.807) is 6.07 Å². The molecule has 1 unspecified atom stereocenters. The molecule has 3 aromatic rings. The maximum Gasteiger partial charge on any atom is 0.259 e. The van der Waals surface area contributed by atoms with Crippen LogP contribution in [0.15, 0.2) is 47.2 Å². The fourth-order valence-corrected chi connectivity index (χ4v) is 4.76. The van der Waals surface area contributed by atoms with Crippen molar-refractivity contribution >= 4 is 67.8 Å². The van der Waals surface area contributed by atoms with Crippen molar-refractivity contribution in [3.8, 4) is 5.75 Å². The molecule has 4 N–H and O–H groups in total. The Morgan fingerprint density at radius 3 is 2.58 bits per heavy atom. The first kappa shape index (κ1) is 22.1. The third-order valence-corrected chi connectivity index (χ3v) is 6.54. The number of amides is 1. The summed E-state index contributed by atoms with van der Waals surface area (Å²) in [6, 6.07) is 9.22. The van der Waals surface area contributed by atoms with E-state index in [-0.39, 0.29) is 5.91 Å². The zero-order chi connectivity index (χ0) is 23.3. The van der Waals surface area contributed by atoms with Gasteiger partial charge in [0.05, 0.1) is 32.7 Å². The largest absolute Gasteiger partial charge is 0.486 e. The van der Waals surface area contributed by atoms with Crippen LogP contribution in [0.3, 0.4) is 0 Å². The minimum absolute atomic E-state index is 0.243. The number of fused-ring (bicyclic) bond motifs is 3. The van der Waals surface area contributed by atoms with Gasteiger partial charge in [-0.15, -0.1) is 0 Å². The first-order valence-corrected chi connectivity index (χ1v) is 11.8. The lowest BCUT2D eigenvalue weighted by Crippen LogP contribution is -2.31. The van der Waals surface area contributed by atoms with Gasteiger partial charge in [0.2, 0.25) is 0 Å². The number of rotatable bonds is 4. The van der Waals surface area contributed by atoms with E-state index in [9.17, 15) is 4.79 Å². The zero-order valence-electron chi connectivity index (χ0n) is 17.7. The van der Waals surface area contributed by atoms with Crippen molar-refractivity contribution in [2.24, 2.45) is 0 Å². The highest BCUT2D eigenvalue weighted by Gasteiger charge is 2.39. The summed E-state index contributed by atoms with van der Waals surface area (Å²) in [5.41, 5.74) is 3.91. The molecule has 0 fully saturated rings. The Hall–Kier alpha value is -2.68. The van der Waals surface area contributed by atoms with E-state index in [4.69, 9.17) is 27.9 Å². The Labute approximate surface area is 209 Å². The van der Waals surface area contributed by atoms with Crippen LogP contribution in [0.25, 0.3) is 0 Å². The molecule has 170 valence electrons. The Morgan fingerprint density at radius 2 is 1.88 bits per heavy atom. The van der Waals surface area contributed by atoms with E-state index in [2.05, 4.69) is 42.2 Å². The fraction of sp³-hybridized carbons (Fsp3) is 0.217. The molecule has 0 saturated heterocycles. The lowest BCUT2D eigenvalue weighted by molar-refractivity contribution is 0.101. The van der Waals surface area contributed by atoms with Gasteiger partial charge < -0.3 is 26.0 Å². The molecule has 1 aromatic heterocycles. The molecule has 2 aromatic carbocycles. The molecule has 0 aliphatic carbocycles. The van der Waals surface area contributed by atoms with Crippen LogP contribution in [0.2, 0.25) is 10.0 Å². The number of nitrogens with zero attached hydrogens (tertiary/aromatic N) is 1. The van der Waals surface area contributed by atoms with Gasteiger partial charge in [0.15, 0.2) is 6.29 Å². The number of nitrogens with one attached hydrogen (secondary N) is 4. The number of carbonyl (C=O) groups is 1. The third-order valence-electron chi connectivity index (χ3n) is 5.44. The maximum atomic E-state index is 13.2. The normalized spacial score (nSPS) is 17.3. The third kappa shape index (κ3) is 4.30. The summed E-state index contributed by atoms with van der Waals surface area (Å²) in [4.78, 5) is 17.2.